The molecule has 0 aliphatic carbocycles. The van der Waals surface area contributed by atoms with Crippen LogP contribution in [0.5, 0.6) is 0 Å². The summed E-state index contributed by atoms with van der Waals surface area (Å²) in [7, 11) is 0. The van der Waals surface area contributed by atoms with Gasteiger partial charge in [-0.15, -0.1) is 0 Å². The lowest BCUT2D eigenvalue weighted by Crippen LogP contribution is -1.98. The normalized spacial score (nSPS) is 10.8. The van der Waals surface area contributed by atoms with E-state index in [-0.39, 0.29) is 0 Å². The van der Waals surface area contributed by atoms with Gasteiger partial charge in [0.05, 0.1) is 12.0 Å². The zero-order valence-corrected chi connectivity index (χ0v) is 12.4. The van der Waals surface area contributed by atoms with Crippen LogP contribution in [0, 0.1) is 0 Å². The van der Waals surface area contributed by atoms with Crippen molar-refractivity contribution in [1.29, 1.82) is 0 Å². The third-order valence-electron chi connectivity index (χ3n) is 2.57. The molecule has 2 N–H and O–H groups in total. The minimum absolute atomic E-state index is 0.661. The van der Waals surface area contributed by atoms with E-state index in [0.29, 0.717) is 10.8 Å². The molecule has 3 aromatic rings. The molecule has 5 nitrogen and oxygen atoms in total. The molecule has 0 atom stereocenters. The summed E-state index contributed by atoms with van der Waals surface area (Å²) in [6.07, 6.45) is 3.56. The Bertz CT molecular complexity index is 727. The van der Waals surface area contributed by atoms with Crippen molar-refractivity contribution in [2.75, 3.05) is 11.6 Å². The topological polar surface area (TPSA) is 66.5 Å². The van der Waals surface area contributed by atoms with Crippen LogP contribution in [0.3, 0.4) is 0 Å². The lowest BCUT2D eigenvalue weighted by atomic mass is 10.3. The van der Waals surface area contributed by atoms with Crippen LogP contribution in [0.1, 0.15) is 0 Å². The number of imidazole rings is 1. The Morgan fingerprint density at radius 1 is 1.26 bits per heavy atom. The molecule has 0 aliphatic rings. The van der Waals surface area contributed by atoms with Crippen molar-refractivity contribution in [3.8, 4) is 0 Å². The number of thioether (sulfide) groups is 1. The van der Waals surface area contributed by atoms with Crippen molar-refractivity contribution < 1.29 is 0 Å². The number of nitrogens with zero attached hydrogens (tertiary/aromatic N) is 3. The van der Waals surface area contributed by atoms with Gasteiger partial charge in [-0.2, -0.15) is 0 Å². The van der Waals surface area contributed by atoms with Gasteiger partial charge < -0.3 is 10.3 Å². The largest absolute Gasteiger partial charge is 0.340 e. The molecule has 19 heavy (non-hydrogen) atoms. The van der Waals surface area contributed by atoms with Crippen molar-refractivity contribution in [2.45, 2.75) is 5.16 Å². The first kappa shape index (κ1) is 12.4. The maximum atomic E-state index is 4.48. The van der Waals surface area contributed by atoms with Crippen molar-refractivity contribution in [3.63, 3.8) is 0 Å². The summed E-state index contributed by atoms with van der Waals surface area (Å²) in [5.41, 5.74) is 2.41. The molecule has 0 saturated carbocycles. The Hall–Kier alpha value is -1.60. The molecule has 3 rings (SSSR count). The van der Waals surface area contributed by atoms with Crippen molar-refractivity contribution in [2.24, 2.45) is 0 Å². The molecule has 0 aliphatic heterocycles. The SMILES string of the molecule is CSc1nc(Nc2ccccc2Br)c2[nH]cnc2n1. The fourth-order valence-corrected chi connectivity index (χ4v) is 2.43. The van der Waals surface area contributed by atoms with Gasteiger partial charge in [-0.25, -0.2) is 15.0 Å². The van der Waals surface area contributed by atoms with Crippen LogP contribution in [0.25, 0.3) is 11.2 Å². The molecule has 0 bridgehead atoms. The average Bonchev–Trinajstić information content (AvgIpc) is 2.89. The first-order valence-corrected chi connectivity index (χ1v) is 7.56. The quantitative estimate of drug-likeness (QED) is 0.565. The first-order chi connectivity index (χ1) is 9.28. The highest BCUT2D eigenvalue weighted by Gasteiger charge is 2.10. The summed E-state index contributed by atoms with van der Waals surface area (Å²) in [5.74, 6) is 0.721. The van der Waals surface area contributed by atoms with E-state index < -0.39 is 0 Å². The standard InChI is InChI=1S/C12H10BrN5S/c1-19-12-17-10-9(14-6-15-10)11(18-12)16-8-5-3-2-4-7(8)13/h2-6H,1H3,(H2,14,15,16,17,18). The van der Waals surface area contributed by atoms with Gasteiger partial charge in [0.25, 0.3) is 0 Å². The summed E-state index contributed by atoms with van der Waals surface area (Å²) < 4.78 is 0.979. The molecule has 2 aromatic heterocycles. The minimum Gasteiger partial charge on any atom is -0.340 e. The highest BCUT2D eigenvalue weighted by Crippen LogP contribution is 2.28. The monoisotopic (exact) mass is 335 g/mol. The fraction of sp³-hybridized carbons (Fsp3) is 0.0833. The molecule has 0 saturated heterocycles. The van der Waals surface area contributed by atoms with Gasteiger partial charge in [0.1, 0.15) is 5.52 Å². The molecular formula is C12H10BrN5S. The summed E-state index contributed by atoms with van der Waals surface area (Å²) in [6.45, 7) is 0. The summed E-state index contributed by atoms with van der Waals surface area (Å²) in [4.78, 5) is 16.0. The smallest absolute Gasteiger partial charge is 0.191 e. The zero-order valence-electron chi connectivity index (χ0n) is 10.0. The van der Waals surface area contributed by atoms with Crippen LogP contribution in [-0.4, -0.2) is 26.2 Å². The average molecular weight is 336 g/mol. The summed E-state index contributed by atoms with van der Waals surface area (Å²) >= 11 is 5.00. The second-order valence-electron chi connectivity index (χ2n) is 3.76. The van der Waals surface area contributed by atoms with E-state index in [0.717, 1.165) is 21.5 Å². The number of H-pyrrole nitrogens is 1. The maximum Gasteiger partial charge on any atom is 0.191 e. The Labute approximate surface area is 122 Å². The summed E-state index contributed by atoms with van der Waals surface area (Å²) in [5, 5.41) is 3.98. The molecule has 0 spiro atoms. The predicted octanol–water partition coefficient (Wildman–Crippen LogP) is 3.58. The van der Waals surface area contributed by atoms with Crippen LogP contribution in [0.15, 0.2) is 40.2 Å². The molecule has 0 amide bonds. The minimum atomic E-state index is 0.661. The number of para-hydroxylation sites is 1. The number of aromatic amines is 1. The van der Waals surface area contributed by atoms with E-state index >= 15 is 0 Å². The van der Waals surface area contributed by atoms with Gasteiger partial charge in [-0.05, 0) is 34.3 Å². The Morgan fingerprint density at radius 2 is 2.11 bits per heavy atom. The number of benzene rings is 1. The molecule has 2 heterocycles. The third kappa shape index (κ3) is 2.43. The van der Waals surface area contributed by atoms with Crippen LogP contribution >= 0.6 is 27.7 Å². The number of hydrogen-bond donors (Lipinski definition) is 2. The number of hydrogen-bond acceptors (Lipinski definition) is 5. The number of aromatic nitrogens is 4. The van der Waals surface area contributed by atoms with E-state index in [1.165, 1.54) is 11.8 Å². The van der Waals surface area contributed by atoms with Crippen LogP contribution < -0.4 is 5.32 Å². The van der Waals surface area contributed by atoms with Gasteiger partial charge in [0.2, 0.25) is 0 Å². The Balaban J connectivity index is 2.09. The van der Waals surface area contributed by atoms with E-state index in [2.05, 4.69) is 41.2 Å². The highest BCUT2D eigenvalue weighted by molar-refractivity contribution is 9.10. The molecule has 0 radical (unpaired) electrons. The Morgan fingerprint density at radius 3 is 2.89 bits per heavy atom. The van der Waals surface area contributed by atoms with Crippen LogP contribution in [0.2, 0.25) is 0 Å². The zero-order chi connectivity index (χ0) is 13.2. The molecule has 1 aromatic carbocycles. The Kier molecular flexibility index (Phi) is 3.39. The lowest BCUT2D eigenvalue weighted by Gasteiger charge is -2.08. The molecule has 96 valence electrons. The maximum absolute atomic E-state index is 4.48. The van der Waals surface area contributed by atoms with Gasteiger partial charge in [-0.1, -0.05) is 23.9 Å². The number of halogens is 1. The van der Waals surface area contributed by atoms with Crippen molar-refractivity contribution in [1.82, 2.24) is 19.9 Å². The van der Waals surface area contributed by atoms with Gasteiger partial charge in [-0.3, -0.25) is 0 Å². The fourth-order valence-electron chi connectivity index (χ4n) is 1.69. The highest BCUT2D eigenvalue weighted by atomic mass is 79.9. The van der Waals surface area contributed by atoms with Crippen LogP contribution in [-0.2, 0) is 0 Å². The van der Waals surface area contributed by atoms with E-state index in [1.807, 2.05) is 30.5 Å². The number of fused-ring (bicyclic) bond motifs is 1. The van der Waals surface area contributed by atoms with Crippen molar-refractivity contribution >= 4 is 50.4 Å². The molecular weight excluding hydrogens is 326 g/mol. The van der Waals surface area contributed by atoms with E-state index in [1.54, 1.807) is 6.33 Å². The lowest BCUT2D eigenvalue weighted by molar-refractivity contribution is 1.00. The third-order valence-corrected chi connectivity index (χ3v) is 3.81. The molecule has 7 heteroatoms. The van der Waals surface area contributed by atoms with E-state index in [4.69, 9.17) is 0 Å². The second kappa shape index (κ2) is 5.18. The molecule has 0 fully saturated rings. The number of rotatable bonds is 3. The van der Waals surface area contributed by atoms with E-state index in [9.17, 15) is 0 Å². The van der Waals surface area contributed by atoms with Gasteiger partial charge >= 0.3 is 0 Å². The van der Waals surface area contributed by atoms with Crippen molar-refractivity contribution in [3.05, 3.63) is 35.1 Å². The number of nitrogens with one attached hydrogen (secondary N) is 2. The predicted molar refractivity (Wildman–Crippen MR) is 80.9 cm³/mol. The number of anilines is 2. The first-order valence-electron chi connectivity index (χ1n) is 5.54. The molecule has 0 unspecified atom stereocenters. The second-order valence-corrected chi connectivity index (χ2v) is 5.39. The van der Waals surface area contributed by atoms with Crippen LogP contribution in [0.4, 0.5) is 11.5 Å². The summed E-state index contributed by atoms with van der Waals surface area (Å²) in [6, 6.07) is 7.89. The van der Waals surface area contributed by atoms with Gasteiger partial charge in [0, 0.05) is 4.47 Å². The van der Waals surface area contributed by atoms with Gasteiger partial charge in [0.15, 0.2) is 16.6 Å².